The number of hydrogen-bond donors (Lipinski definition) is 3. The Morgan fingerprint density at radius 1 is 1.42 bits per heavy atom. The van der Waals surface area contributed by atoms with Gasteiger partial charge in [0.2, 0.25) is 0 Å². The van der Waals surface area contributed by atoms with Crippen molar-refractivity contribution >= 4 is 33.5 Å². The molecule has 1 amide bonds. The average molecular weight is 329 g/mol. The highest BCUT2D eigenvalue weighted by Crippen LogP contribution is 2.22. The lowest BCUT2D eigenvalue weighted by molar-refractivity contribution is -0.138. The molecule has 0 saturated heterocycles. The molecule has 0 aliphatic carbocycles. The van der Waals surface area contributed by atoms with E-state index in [-0.39, 0.29) is 11.5 Å². The number of aliphatic carboxylic acids is 1. The zero-order valence-electron chi connectivity index (χ0n) is 10.8. The number of nitrogens with one attached hydrogen (secondary N) is 1. The minimum absolute atomic E-state index is 0.223. The highest BCUT2D eigenvalue weighted by molar-refractivity contribution is 9.10. The summed E-state index contributed by atoms with van der Waals surface area (Å²) < 4.78 is 0.711. The highest BCUT2D eigenvalue weighted by Gasteiger charge is 2.20. The second kappa shape index (κ2) is 6.56. The lowest BCUT2D eigenvalue weighted by Gasteiger charge is -2.19. The average Bonchev–Trinajstić information content (AvgIpc) is 2.29. The number of carbonyl (C=O) groups excluding carboxylic acids is 1. The molecule has 1 aromatic carbocycles. The standard InChI is InChI=1S/C13H17BrN2O3/c1-7(2)5-11(13(18)19)16-10-4-3-8(14)6-9(10)12(15)17/h3-4,6-7,11,16H,5H2,1-2H3,(H2,15,17)(H,18,19). The van der Waals surface area contributed by atoms with Gasteiger partial charge in [-0.25, -0.2) is 4.79 Å². The number of nitrogens with two attached hydrogens (primary N) is 1. The topological polar surface area (TPSA) is 92.4 Å². The van der Waals surface area contributed by atoms with Crippen molar-refractivity contribution in [1.82, 2.24) is 0 Å². The van der Waals surface area contributed by atoms with Gasteiger partial charge in [-0.1, -0.05) is 29.8 Å². The number of carboxylic acid groups (broad SMARTS) is 1. The molecule has 0 spiro atoms. The van der Waals surface area contributed by atoms with Gasteiger partial charge in [0, 0.05) is 10.2 Å². The summed E-state index contributed by atoms with van der Waals surface area (Å²) in [5.74, 6) is -1.33. The Kier molecular flexibility index (Phi) is 5.35. The van der Waals surface area contributed by atoms with Crippen molar-refractivity contribution in [3.05, 3.63) is 28.2 Å². The van der Waals surface area contributed by atoms with Crippen LogP contribution >= 0.6 is 15.9 Å². The number of anilines is 1. The molecule has 0 fully saturated rings. The van der Waals surface area contributed by atoms with E-state index in [2.05, 4.69) is 21.2 Å². The fraction of sp³-hybridized carbons (Fsp3) is 0.385. The quantitative estimate of drug-likeness (QED) is 0.747. The van der Waals surface area contributed by atoms with Crippen LogP contribution in [0.2, 0.25) is 0 Å². The second-order valence-corrected chi connectivity index (χ2v) is 5.63. The number of carboxylic acids is 1. The lowest BCUT2D eigenvalue weighted by Crippen LogP contribution is -2.31. The van der Waals surface area contributed by atoms with Crippen LogP contribution in [0.5, 0.6) is 0 Å². The number of amides is 1. The summed E-state index contributed by atoms with van der Waals surface area (Å²) in [6.45, 7) is 3.88. The zero-order chi connectivity index (χ0) is 14.6. The van der Waals surface area contributed by atoms with Crippen LogP contribution in [-0.4, -0.2) is 23.0 Å². The molecule has 6 heteroatoms. The molecular weight excluding hydrogens is 312 g/mol. The fourth-order valence-electron chi connectivity index (χ4n) is 1.73. The van der Waals surface area contributed by atoms with Gasteiger partial charge in [-0.05, 0) is 30.5 Å². The predicted octanol–water partition coefficient (Wildman–Crippen LogP) is 2.46. The van der Waals surface area contributed by atoms with Crippen LogP contribution in [-0.2, 0) is 4.79 Å². The van der Waals surface area contributed by atoms with Gasteiger partial charge in [0.1, 0.15) is 6.04 Å². The first-order valence-corrected chi connectivity index (χ1v) is 6.69. The van der Waals surface area contributed by atoms with E-state index >= 15 is 0 Å². The summed E-state index contributed by atoms with van der Waals surface area (Å²) in [7, 11) is 0. The van der Waals surface area contributed by atoms with E-state index in [1.165, 1.54) is 0 Å². The molecule has 1 rings (SSSR count). The third-order valence-corrected chi connectivity index (χ3v) is 3.08. The van der Waals surface area contributed by atoms with Gasteiger partial charge < -0.3 is 16.2 Å². The van der Waals surface area contributed by atoms with Gasteiger partial charge in [0.15, 0.2) is 0 Å². The molecule has 0 heterocycles. The maximum atomic E-state index is 11.4. The van der Waals surface area contributed by atoms with Gasteiger partial charge in [0.25, 0.3) is 5.91 Å². The number of halogens is 1. The molecule has 0 radical (unpaired) electrons. The normalized spacial score (nSPS) is 12.2. The van der Waals surface area contributed by atoms with Crippen LogP contribution in [0, 0.1) is 5.92 Å². The Balaban J connectivity index is 3.02. The summed E-state index contributed by atoms with van der Waals surface area (Å²) in [4.78, 5) is 22.6. The summed E-state index contributed by atoms with van der Waals surface area (Å²) >= 11 is 3.25. The molecule has 0 saturated carbocycles. The van der Waals surface area contributed by atoms with Crippen molar-refractivity contribution < 1.29 is 14.7 Å². The first-order chi connectivity index (χ1) is 8.81. The van der Waals surface area contributed by atoms with Crippen molar-refractivity contribution in [2.45, 2.75) is 26.3 Å². The Morgan fingerprint density at radius 3 is 2.53 bits per heavy atom. The van der Waals surface area contributed by atoms with Crippen LogP contribution in [0.1, 0.15) is 30.6 Å². The van der Waals surface area contributed by atoms with Gasteiger partial charge in [0.05, 0.1) is 5.56 Å². The third kappa shape index (κ3) is 4.55. The molecule has 5 nitrogen and oxygen atoms in total. The molecule has 104 valence electrons. The lowest BCUT2D eigenvalue weighted by atomic mass is 10.0. The Morgan fingerprint density at radius 2 is 2.05 bits per heavy atom. The zero-order valence-corrected chi connectivity index (χ0v) is 12.4. The maximum Gasteiger partial charge on any atom is 0.326 e. The van der Waals surface area contributed by atoms with E-state index in [1.807, 2.05) is 13.8 Å². The van der Waals surface area contributed by atoms with E-state index in [9.17, 15) is 14.7 Å². The van der Waals surface area contributed by atoms with E-state index in [0.717, 1.165) is 0 Å². The van der Waals surface area contributed by atoms with E-state index in [1.54, 1.807) is 18.2 Å². The Labute approximate surface area is 120 Å². The minimum atomic E-state index is -0.952. The summed E-state index contributed by atoms with van der Waals surface area (Å²) in [6.07, 6.45) is 0.462. The molecule has 0 aliphatic rings. The van der Waals surface area contributed by atoms with Gasteiger partial charge in [-0.3, -0.25) is 4.79 Å². The fourth-order valence-corrected chi connectivity index (χ4v) is 2.09. The maximum absolute atomic E-state index is 11.4. The molecule has 19 heavy (non-hydrogen) atoms. The Hall–Kier alpha value is -1.56. The monoisotopic (exact) mass is 328 g/mol. The van der Waals surface area contributed by atoms with Crippen molar-refractivity contribution in [2.24, 2.45) is 11.7 Å². The molecule has 1 aromatic rings. The molecule has 0 aromatic heterocycles. The highest BCUT2D eigenvalue weighted by atomic mass is 79.9. The summed E-state index contributed by atoms with van der Waals surface area (Å²) in [5.41, 5.74) is 5.99. The predicted molar refractivity (Wildman–Crippen MR) is 77.2 cm³/mol. The molecule has 4 N–H and O–H groups in total. The smallest absolute Gasteiger partial charge is 0.326 e. The number of benzene rings is 1. The van der Waals surface area contributed by atoms with Crippen LogP contribution in [0.4, 0.5) is 5.69 Å². The second-order valence-electron chi connectivity index (χ2n) is 4.72. The van der Waals surface area contributed by atoms with Crippen LogP contribution in [0.25, 0.3) is 0 Å². The van der Waals surface area contributed by atoms with Crippen molar-refractivity contribution in [1.29, 1.82) is 0 Å². The van der Waals surface area contributed by atoms with E-state index in [0.29, 0.717) is 16.6 Å². The molecular formula is C13H17BrN2O3. The van der Waals surface area contributed by atoms with Crippen molar-refractivity contribution in [3.8, 4) is 0 Å². The van der Waals surface area contributed by atoms with Crippen molar-refractivity contribution in [2.75, 3.05) is 5.32 Å². The van der Waals surface area contributed by atoms with Crippen molar-refractivity contribution in [3.63, 3.8) is 0 Å². The SMILES string of the molecule is CC(C)CC(Nc1ccc(Br)cc1C(N)=O)C(=O)O. The number of primary amides is 1. The summed E-state index contributed by atoms with van der Waals surface area (Å²) in [6, 6.07) is 4.18. The number of carbonyl (C=O) groups is 2. The number of hydrogen-bond acceptors (Lipinski definition) is 3. The van der Waals surface area contributed by atoms with Gasteiger partial charge in [-0.2, -0.15) is 0 Å². The largest absolute Gasteiger partial charge is 0.480 e. The molecule has 0 aliphatic heterocycles. The molecule has 1 atom stereocenters. The first kappa shape index (κ1) is 15.5. The first-order valence-electron chi connectivity index (χ1n) is 5.90. The summed E-state index contributed by atoms with van der Waals surface area (Å²) in [5, 5.41) is 12.0. The van der Waals surface area contributed by atoms with E-state index < -0.39 is 17.9 Å². The third-order valence-electron chi connectivity index (χ3n) is 2.58. The van der Waals surface area contributed by atoms with E-state index in [4.69, 9.17) is 5.73 Å². The number of rotatable bonds is 6. The molecule has 0 bridgehead atoms. The molecule has 1 unspecified atom stereocenters. The Bertz CT molecular complexity index is 489. The minimum Gasteiger partial charge on any atom is -0.480 e. The van der Waals surface area contributed by atoms with Crippen LogP contribution < -0.4 is 11.1 Å². The van der Waals surface area contributed by atoms with Gasteiger partial charge in [-0.15, -0.1) is 0 Å². The van der Waals surface area contributed by atoms with Gasteiger partial charge >= 0.3 is 5.97 Å². The van der Waals surface area contributed by atoms with Crippen LogP contribution in [0.15, 0.2) is 22.7 Å². The van der Waals surface area contributed by atoms with Crippen LogP contribution in [0.3, 0.4) is 0 Å².